The van der Waals surface area contributed by atoms with Gasteiger partial charge in [0.15, 0.2) is 0 Å². The van der Waals surface area contributed by atoms with E-state index in [1.807, 2.05) is 19.1 Å². The Kier molecular flexibility index (Phi) is 4.05. The summed E-state index contributed by atoms with van der Waals surface area (Å²) in [6.45, 7) is 3.60. The summed E-state index contributed by atoms with van der Waals surface area (Å²) in [5.41, 5.74) is 6.75. The Labute approximate surface area is 94.8 Å². The largest absolute Gasteiger partial charge is 0.368 e. The van der Waals surface area contributed by atoms with Gasteiger partial charge in [-0.15, -0.1) is 0 Å². The van der Waals surface area contributed by atoms with Crippen molar-refractivity contribution in [1.29, 1.82) is 0 Å². The molecule has 0 aliphatic heterocycles. The Bertz CT molecular complexity index is 385. The fraction of sp³-hybridized carbons (Fsp3) is 0.333. The van der Waals surface area contributed by atoms with Crippen LogP contribution in [0.3, 0.4) is 0 Å². The molecule has 0 bridgehead atoms. The highest BCUT2D eigenvalue weighted by atomic mass is 16.2. The van der Waals surface area contributed by atoms with Gasteiger partial charge in [-0.3, -0.25) is 9.59 Å². The van der Waals surface area contributed by atoms with Crippen LogP contribution in [0.15, 0.2) is 24.3 Å². The molecule has 1 rings (SSSR count). The van der Waals surface area contributed by atoms with Crippen molar-refractivity contribution in [3.63, 3.8) is 0 Å². The van der Waals surface area contributed by atoms with Gasteiger partial charge in [0.2, 0.25) is 5.91 Å². The van der Waals surface area contributed by atoms with Crippen molar-refractivity contribution in [2.45, 2.75) is 26.3 Å². The second-order valence-corrected chi connectivity index (χ2v) is 3.65. The number of aryl methyl sites for hydroxylation is 1. The van der Waals surface area contributed by atoms with Crippen LogP contribution in [0.25, 0.3) is 0 Å². The molecule has 0 fully saturated rings. The zero-order chi connectivity index (χ0) is 12.1. The summed E-state index contributed by atoms with van der Waals surface area (Å²) in [5, 5.41) is 2.52. The summed E-state index contributed by atoms with van der Waals surface area (Å²) in [6, 6.07) is 6.61. The fourth-order valence-electron chi connectivity index (χ4n) is 1.24. The van der Waals surface area contributed by atoms with Crippen LogP contribution in [0.1, 0.15) is 29.8 Å². The van der Waals surface area contributed by atoms with Crippen LogP contribution in [0.4, 0.5) is 0 Å². The van der Waals surface area contributed by atoms with Crippen LogP contribution in [0.2, 0.25) is 0 Å². The minimum Gasteiger partial charge on any atom is -0.368 e. The minimum atomic E-state index is -0.654. The number of carbonyl (C=O) groups is 2. The van der Waals surface area contributed by atoms with Crippen molar-refractivity contribution in [2.75, 3.05) is 0 Å². The average molecular weight is 220 g/mol. The van der Waals surface area contributed by atoms with Crippen LogP contribution in [-0.4, -0.2) is 17.9 Å². The van der Waals surface area contributed by atoms with Gasteiger partial charge in [-0.2, -0.15) is 0 Å². The number of benzene rings is 1. The highest BCUT2D eigenvalue weighted by Gasteiger charge is 2.13. The van der Waals surface area contributed by atoms with Crippen molar-refractivity contribution in [2.24, 2.45) is 5.73 Å². The molecule has 1 atom stereocenters. The van der Waals surface area contributed by atoms with E-state index in [0.29, 0.717) is 5.56 Å². The topological polar surface area (TPSA) is 72.2 Å². The molecule has 1 aromatic rings. The molecule has 0 spiro atoms. The molecule has 1 unspecified atom stereocenters. The second-order valence-electron chi connectivity index (χ2n) is 3.65. The van der Waals surface area contributed by atoms with Gasteiger partial charge in [0.05, 0.1) is 0 Å². The number of nitrogens with two attached hydrogens (primary N) is 1. The predicted octanol–water partition coefficient (Wildman–Crippen LogP) is 0.853. The predicted molar refractivity (Wildman–Crippen MR) is 61.9 cm³/mol. The molecule has 3 N–H and O–H groups in total. The third-order valence-electron chi connectivity index (χ3n) is 2.40. The Balaban J connectivity index is 2.69. The first kappa shape index (κ1) is 12.2. The van der Waals surface area contributed by atoms with E-state index in [1.165, 1.54) is 5.56 Å². The average Bonchev–Trinajstić information content (AvgIpc) is 2.28. The van der Waals surface area contributed by atoms with E-state index < -0.39 is 11.9 Å². The number of hydrogen-bond donors (Lipinski definition) is 2. The molecule has 0 saturated carbocycles. The summed E-state index contributed by atoms with van der Waals surface area (Å²) < 4.78 is 0. The van der Waals surface area contributed by atoms with Gasteiger partial charge in [-0.25, -0.2) is 0 Å². The van der Waals surface area contributed by atoms with Gasteiger partial charge in [-0.05, 0) is 31.0 Å². The minimum absolute atomic E-state index is 0.283. The van der Waals surface area contributed by atoms with Crippen molar-refractivity contribution >= 4 is 11.8 Å². The number of primary amides is 1. The van der Waals surface area contributed by atoms with Gasteiger partial charge in [-0.1, -0.05) is 19.1 Å². The maximum Gasteiger partial charge on any atom is 0.251 e. The number of amides is 2. The lowest BCUT2D eigenvalue weighted by Gasteiger charge is -2.10. The monoisotopic (exact) mass is 220 g/mol. The molecule has 2 amide bonds. The number of hydrogen-bond acceptors (Lipinski definition) is 2. The lowest BCUT2D eigenvalue weighted by molar-refractivity contribution is -0.119. The van der Waals surface area contributed by atoms with Gasteiger partial charge < -0.3 is 11.1 Å². The zero-order valence-corrected chi connectivity index (χ0v) is 9.49. The molecule has 0 heterocycles. The molecule has 0 radical (unpaired) electrons. The molecule has 16 heavy (non-hydrogen) atoms. The van der Waals surface area contributed by atoms with Gasteiger partial charge in [0.1, 0.15) is 6.04 Å². The third-order valence-corrected chi connectivity index (χ3v) is 2.40. The highest BCUT2D eigenvalue weighted by molar-refractivity contribution is 5.97. The molecule has 4 nitrogen and oxygen atoms in total. The van der Waals surface area contributed by atoms with Crippen LogP contribution in [0.5, 0.6) is 0 Å². The number of nitrogens with one attached hydrogen (secondary N) is 1. The second kappa shape index (κ2) is 5.30. The first-order valence-electron chi connectivity index (χ1n) is 5.23. The van der Waals surface area contributed by atoms with E-state index in [4.69, 9.17) is 5.73 Å². The van der Waals surface area contributed by atoms with Crippen molar-refractivity contribution in [1.82, 2.24) is 5.32 Å². The van der Waals surface area contributed by atoms with E-state index in [1.54, 1.807) is 19.1 Å². The summed E-state index contributed by atoms with van der Waals surface area (Å²) in [5.74, 6) is -0.826. The molecule has 0 aliphatic carbocycles. The zero-order valence-electron chi connectivity index (χ0n) is 9.49. The molecule has 0 saturated heterocycles. The van der Waals surface area contributed by atoms with Crippen LogP contribution < -0.4 is 11.1 Å². The number of rotatable bonds is 4. The maximum atomic E-state index is 11.6. The first-order valence-corrected chi connectivity index (χ1v) is 5.23. The van der Waals surface area contributed by atoms with Crippen molar-refractivity contribution in [3.05, 3.63) is 35.4 Å². The molecule has 0 aliphatic rings. The molecule has 1 aromatic carbocycles. The molecular formula is C12H16N2O2. The van der Waals surface area contributed by atoms with Gasteiger partial charge in [0, 0.05) is 5.56 Å². The SMILES string of the molecule is CCc1ccc(C(=O)NC(C)C(N)=O)cc1. The van der Waals surface area contributed by atoms with Crippen LogP contribution >= 0.6 is 0 Å². The standard InChI is InChI=1S/C12H16N2O2/c1-3-9-4-6-10(7-5-9)12(16)14-8(2)11(13)15/h4-8H,3H2,1-2H3,(H2,13,15)(H,14,16). The lowest BCUT2D eigenvalue weighted by atomic mass is 10.1. The Morgan fingerprint density at radius 3 is 2.31 bits per heavy atom. The Morgan fingerprint density at radius 1 is 1.31 bits per heavy atom. The highest BCUT2D eigenvalue weighted by Crippen LogP contribution is 2.05. The first-order chi connectivity index (χ1) is 7.54. The van der Waals surface area contributed by atoms with Gasteiger partial charge in [0.25, 0.3) is 5.91 Å². The molecule has 0 aromatic heterocycles. The summed E-state index contributed by atoms with van der Waals surface area (Å²) >= 11 is 0. The van der Waals surface area contributed by atoms with E-state index in [0.717, 1.165) is 6.42 Å². The smallest absolute Gasteiger partial charge is 0.251 e. The molecule has 86 valence electrons. The van der Waals surface area contributed by atoms with E-state index in [-0.39, 0.29) is 5.91 Å². The number of carbonyl (C=O) groups excluding carboxylic acids is 2. The molecule has 4 heteroatoms. The normalized spacial score (nSPS) is 11.9. The lowest BCUT2D eigenvalue weighted by Crippen LogP contribution is -2.42. The summed E-state index contributed by atoms with van der Waals surface area (Å²) in [7, 11) is 0. The third kappa shape index (κ3) is 3.08. The maximum absolute atomic E-state index is 11.6. The van der Waals surface area contributed by atoms with E-state index >= 15 is 0 Å². The Hall–Kier alpha value is -1.84. The van der Waals surface area contributed by atoms with Crippen molar-refractivity contribution in [3.8, 4) is 0 Å². The molecular weight excluding hydrogens is 204 g/mol. The fourth-order valence-corrected chi connectivity index (χ4v) is 1.24. The van der Waals surface area contributed by atoms with Crippen LogP contribution in [-0.2, 0) is 11.2 Å². The van der Waals surface area contributed by atoms with Crippen molar-refractivity contribution < 1.29 is 9.59 Å². The van der Waals surface area contributed by atoms with Crippen LogP contribution in [0, 0.1) is 0 Å². The van der Waals surface area contributed by atoms with E-state index in [2.05, 4.69) is 5.32 Å². The summed E-state index contributed by atoms with van der Waals surface area (Å²) in [6.07, 6.45) is 0.930. The Morgan fingerprint density at radius 2 is 1.88 bits per heavy atom. The summed E-state index contributed by atoms with van der Waals surface area (Å²) in [4.78, 5) is 22.4. The van der Waals surface area contributed by atoms with Gasteiger partial charge >= 0.3 is 0 Å². The van der Waals surface area contributed by atoms with E-state index in [9.17, 15) is 9.59 Å². The quantitative estimate of drug-likeness (QED) is 0.789.